The van der Waals surface area contributed by atoms with Gasteiger partial charge in [0.1, 0.15) is 0 Å². The molecule has 3 N–H and O–H groups in total. The van der Waals surface area contributed by atoms with Gasteiger partial charge in [-0.2, -0.15) is 4.98 Å². The molecule has 2 heterocycles. The van der Waals surface area contributed by atoms with Crippen molar-refractivity contribution in [2.24, 2.45) is 5.73 Å². The number of nitrogens with zero attached hydrogens (tertiary/aromatic N) is 4. The van der Waals surface area contributed by atoms with Crippen molar-refractivity contribution in [3.63, 3.8) is 0 Å². The van der Waals surface area contributed by atoms with E-state index in [1.54, 1.807) is 13.8 Å². The molecule has 9 heteroatoms. The van der Waals surface area contributed by atoms with E-state index < -0.39 is 5.54 Å². The molecule has 0 radical (unpaired) electrons. The molecule has 0 unspecified atom stereocenters. The van der Waals surface area contributed by atoms with Gasteiger partial charge in [0, 0.05) is 6.54 Å². The average Bonchev–Trinajstić information content (AvgIpc) is 2.92. The third-order valence-corrected chi connectivity index (χ3v) is 3.37. The van der Waals surface area contributed by atoms with Gasteiger partial charge in [0.25, 0.3) is 0 Å². The van der Waals surface area contributed by atoms with Gasteiger partial charge in [0.15, 0.2) is 11.0 Å². The van der Waals surface area contributed by atoms with Crippen molar-refractivity contribution in [3.8, 4) is 0 Å². The molecule has 0 aliphatic rings. The molecule has 0 saturated heterocycles. The number of aromatic nitrogens is 5. The standard InChI is InChI=1S/C10H16N6O2S/c1-4-16-8(17)13-14-9(16)19-5-6-12-7(15-18-6)10(2,3)11/h4-5,11H2,1-3H3,(H,13,17). The Balaban J connectivity index is 2.07. The summed E-state index contributed by atoms with van der Waals surface area (Å²) in [6.07, 6.45) is 0. The molecule has 0 saturated carbocycles. The van der Waals surface area contributed by atoms with Crippen LogP contribution >= 0.6 is 11.8 Å². The summed E-state index contributed by atoms with van der Waals surface area (Å²) >= 11 is 1.35. The van der Waals surface area contributed by atoms with Crippen LogP contribution in [0.1, 0.15) is 32.5 Å². The van der Waals surface area contributed by atoms with Crippen LogP contribution in [0.3, 0.4) is 0 Å². The number of rotatable bonds is 5. The summed E-state index contributed by atoms with van der Waals surface area (Å²) in [5.41, 5.74) is 5.01. The fourth-order valence-corrected chi connectivity index (χ4v) is 2.24. The highest BCUT2D eigenvalue weighted by atomic mass is 32.2. The maximum Gasteiger partial charge on any atom is 0.343 e. The van der Waals surface area contributed by atoms with Crippen molar-refractivity contribution in [1.82, 2.24) is 24.9 Å². The predicted molar refractivity (Wildman–Crippen MR) is 69.6 cm³/mol. The van der Waals surface area contributed by atoms with Crippen molar-refractivity contribution in [2.75, 3.05) is 0 Å². The van der Waals surface area contributed by atoms with E-state index in [-0.39, 0.29) is 5.69 Å². The van der Waals surface area contributed by atoms with Gasteiger partial charge in [0.2, 0.25) is 5.89 Å². The average molecular weight is 284 g/mol. The van der Waals surface area contributed by atoms with Crippen LogP contribution in [0.25, 0.3) is 0 Å². The molecule has 104 valence electrons. The van der Waals surface area contributed by atoms with Gasteiger partial charge in [-0.15, -0.1) is 5.10 Å². The van der Waals surface area contributed by atoms with Crippen molar-refractivity contribution >= 4 is 11.8 Å². The SMILES string of the molecule is CCn1c(SCc2nc(C(C)(C)N)no2)n[nH]c1=O. The summed E-state index contributed by atoms with van der Waals surface area (Å²) in [4.78, 5) is 15.6. The van der Waals surface area contributed by atoms with Crippen LogP contribution < -0.4 is 11.4 Å². The van der Waals surface area contributed by atoms with Crippen LogP contribution in [0.15, 0.2) is 14.5 Å². The van der Waals surface area contributed by atoms with Crippen LogP contribution in [0, 0.1) is 0 Å². The van der Waals surface area contributed by atoms with Gasteiger partial charge >= 0.3 is 5.69 Å². The summed E-state index contributed by atoms with van der Waals surface area (Å²) in [6.45, 7) is 6.04. The molecule has 0 aromatic carbocycles. The van der Waals surface area contributed by atoms with E-state index in [4.69, 9.17) is 10.3 Å². The van der Waals surface area contributed by atoms with Gasteiger partial charge in [-0.25, -0.2) is 9.89 Å². The Labute approximate surface area is 113 Å². The first-order valence-corrected chi connectivity index (χ1v) is 6.80. The molecule has 2 rings (SSSR count). The fourth-order valence-electron chi connectivity index (χ4n) is 1.39. The highest BCUT2D eigenvalue weighted by molar-refractivity contribution is 7.98. The van der Waals surface area contributed by atoms with Crippen molar-refractivity contribution in [3.05, 3.63) is 22.2 Å². The van der Waals surface area contributed by atoms with Gasteiger partial charge in [-0.3, -0.25) is 4.57 Å². The van der Waals surface area contributed by atoms with Crippen LogP contribution in [-0.4, -0.2) is 24.9 Å². The summed E-state index contributed by atoms with van der Waals surface area (Å²) in [5.74, 6) is 1.35. The molecule has 0 bridgehead atoms. The number of hydrogen-bond donors (Lipinski definition) is 2. The minimum Gasteiger partial charge on any atom is -0.338 e. The number of nitrogens with one attached hydrogen (secondary N) is 1. The van der Waals surface area contributed by atoms with Gasteiger partial charge in [-0.05, 0) is 20.8 Å². The summed E-state index contributed by atoms with van der Waals surface area (Å²) in [5, 5.41) is 10.8. The van der Waals surface area contributed by atoms with E-state index in [2.05, 4.69) is 20.3 Å². The molecule has 8 nitrogen and oxygen atoms in total. The molecule has 2 aromatic heterocycles. The lowest BCUT2D eigenvalue weighted by atomic mass is 10.1. The second-order valence-corrected chi connectivity index (χ2v) is 5.52. The zero-order chi connectivity index (χ0) is 14.0. The Kier molecular flexibility index (Phi) is 3.76. The number of thioether (sulfide) groups is 1. The smallest absolute Gasteiger partial charge is 0.338 e. The first kappa shape index (κ1) is 13.8. The first-order chi connectivity index (χ1) is 8.91. The lowest BCUT2D eigenvalue weighted by molar-refractivity contribution is 0.369. The summed E-state index contributed by atoms with van der Waals surface area (Å²) in [7, 11) is 0. The number of H-pyrrole nitrogens is 1. The Morgan fingerprint density at radius 3 is 2.84 bits per heavy atom. The molecular formula is C10H16N6O2S. The second kappa shape index (κ2) is 5.17. The van der Waals surface area contributed by atoms with E-state index in [0.717, 1.165) is 0 Å². The van der Waals surface area contributed by atoms with Crippen LogP contribution in [0.2, 0.25) is 0 Å². The molecule has 0 fully saturated rings. The van der Waals surface area contributed by atoms with Gasteiger partial charge in [0.05, 0.1) is 11.3 Å². The summed E-state index contributed by atoms with van der Waals surface area (Å²) in [6, 6.07) is 0. The van der Waals surface area contributed by atoms with Crippen molar-refractivity contribution in [1.29, 1.82) is 0 Å². The lowest BCUT2D eigenvalue weighted by Crippen LogP contribution is -2.30. The van der Waals surface area contributed by atoms with Crippen LogP contribution in [-0.2, 0) is 17.8 Å². The highest BCUT2D eigenvalue weighted by Gasteiger charge is 2.21. The third-order valence-electron chi connectivity index (χ3n) is 2.41. The van der Waals surface area contributed by atoms with E-state index in [1.807, 2.05) is 6.92 Å². The van der Waals surface area contributed by atoms with E-state index in [1.165, 1.54) is 16.3 Å². The number of nitrogens with two attached hydrogens (primary N) is 1. The van der Waals surface area contributed by atoms with E-state index >= 15 is 0 Å². The normalized spacial score (nSPS) is 12.0. The zero-order valence-corrected chi connectivity index (χ0v) is 11.8. The van der Waals surface area contributed by atoms with Crippen molar-refractivity contribution in [2.45, 2.75) is 43.8 Å². The minimum atomic E-state index is -0.635. The molecular weight excluding hydrogens is 268 g/mol. The number of aromatic amines is 1. The largest absolute Gasteiger partial charge is 0.343 e. The molecule has 2 aromatic rings. The molecule has 0 spiro atoms. The first-order valence-electron chi connectivity index (χ1n) is 5.81. The number of hydrogen-bond acceptors (Lipinski definition) is 7. The van der Waals surface area contributed by atoms with Gasteiger partial charge < -0.3 is 10.3 Å². The Hall–Kier alpha value is -1.61. The van der Waals surface area contributed by atoms with Crippen molar-refractivity contribution < 1.29 is 4.52 Å². The third kappa shape index (κ3) is 3.04. The molecule has 0 aliphatic carbocycles. The monoisotopic (exact) mass is 284 g/mol. The fraction of sp³-hybridized carbons (Fsp3) is 0.600. The zero-order valence-electron chi connectivity index (χ0n) is 11.0. The Morgan fingerprint density at radius 1 is 1.53 bits per heavy atom. The van der Waals surface area contributed by atoms with E-state index in [9.17, 15) is 4.79 Å². The maximum absolute atomic E-state index is 11.4. The lowest BCUT2D eigenvalue weighted by Gasteiger charge is -2.11. The Bertz CT molecular complexity index is 608. The predicted octanol–water partition coefficient (Wildman–Crippen LogP) is 0.460. The molecule has 0 atom stereocenters. The molecule has 0 aliphatic heterocycles. The van der Waals surface area contributed by atoms with E-state index in [0.29, 0.717) is 29.2 Å². The Morgan fingerprint density at radius 2 is 2.26 bits per heavy atom. The molecule has 0 amide bonds. The van der Waals surface area contributed by atoms with Crippen LogP contribution in [0.5, 0.6) is 0 Å². The van der Waals surface area contributed by atoms with Gasteiger partial charge in [-0.1, -0.05) is 16.9 Å². The quantitative estimate of drug-likeness (QED) is 0.766. The highest BCUT2D eigenvalue weighted by Crippen LogP contribution is 2.20. The topological polar surface area (TPSA) is 116 Å². The summed E-state index contributed by atoms with van der Waals surface area (Å²) < 4.78 is 6.64. The maximum atomic E-state index is 11.4. The minimum absolute atomic E-state index is 0.223. The second-order valence-electron chi connectivity index (χ2n) is 4.58. The van der Waals surface area contributed by atoms with Crippen LogP contribution in [0.4, 0.5) is 0 Å². The molecule has 19 heavy (non-hydrogen) atoms.